The fraction of sp³-hybridized carbons (Fsp3) is 0.500. The number of aromatic amines is 1. The van der Waals surface area contributed by atoms with E-state index in [0.29, 0.717) is 11.5 Å². The van der Waals surface area contributed by atoms with Crippen molar-refractivity contribution in [1.29, 1.82) is 0 Å². The van der Waals surface area contributed by atoms with Crippen LogP contribution in [0.2, 0.25) is 0 Å². The second kappa shape index (κ2) is 6.20. The molecule has 0 saturated carbocycles. The number of nitrogens with one attached hydrogen (secondary N) is 2. The highest BCUT2D eigenvalue weighted by Gasteiger charge is 2.08. The number of hydrogen-bond donors (Lipinski definition) is 3. The van der Waals surface area contributed by atoms with Crippen molar-refractivity contribution in [2.75, 3.05) is 13.2 Å². The molecule has 1 rings (SSSR count). The van der Waals surface area contributed by atoms with Gasteiger partial charge in [0, 0.05) is 23.9 Å². The van der Waals surface area contributed by atoms with E-state index in [4.69, 9.17) is 5.11 Å². The maximum atomic E-state index is 11.6. The van der Waals surface area contributed by atoms with Gasteiger partial charge in [-0.15, -0.1) is 0 Å². The molecule has 1 heterocycles. The fourth-order valence-electron chi connectivity index (χ4n) is 1.55. The molecule has 0 aliphatic carbocycles. The lowest BCUT2D eigenvalue weighted by Crippen LogP contribution is -2.28. The number of aliphatic hydroxyl groups is 1. The van der Waals surface area contributed by atoms with Gasteiger partial charge in [-0.3, -0.25) is 9.59 Å². The Morgan fingerprint density at radius 1 is 1.47 bits per heavy atom. The predicted molar refractivity (Wildman–Crippen MR) is 65.0 cm³/mol. The molecule has 1 aromatic heterocycles. The number of hydrogen-bond acceptors (Lipinski definition) is 3. The third kappa shape index (κ3) is 4.40. The van der Waals surface area contributed by atoms with Crippen molar-refractivity contribution in [1.82, 2.24) is 10.3 Å². The highest BCUT2D eigenvalue weighted by molar-refractivity contribution is 5.94. The Hall–Kier alpha value is -1.62. The van der Waals surface area contributed by atoms with Crippen molar-refractivity contribution in [2.45, 2.75) is 20.3 Å². The first kappa shape index (κ1) is 13.4. The Morgan fingerprint density at radius 3 is 2.76 bits per heavy atom. The predicted octanol–water partition coefficient (Wildman–Crippen LogP) is 0.296. The van der Waals surface area contributed by atoms with Crippen molar-refractivity contribution in [3.05, 3.63) is 33.7 Å². The summed E-state index contributed by atoms with van der Waals surface area (Å²) < 4.78 is 0. The highest BCUT2D eigenvalue weighted by atomic mass is 16.3. The van der Waals surface area contributed by atoms with E-state index in [2.05, 4.69) is 10.3 Å². The van der Waals surface area contributed by atoms with E-state index in [1.54, 1.807) is 6.07 Å². The van der Waals surface area contributed by atoms with E-state index in [0.717, 1.165) is 12.1 Å². The molecule has 0 unspecified atom stereocenters. The van der Waals surface area contributed by atoms with Crippen molar-refractivity contribution in [3.8, 4) is 0 Å². The lowest BCUT2D eigenvalue weighted by molar-refractivity contribution is 0.0944. The van der Waals surface area contributed by atoms with Gasteiger partial charge in [-0.2, -0.15) is 0 Å². The summed E-state index contributed by atoms with van der Waals surface area (Å²) in [5, 5.41) is 11.1. The van der Waals surface area contributed by atoms with Crippen LogP contribution in [0.4, 0.5) is 0 Å². The van der Waals surface area contributed by atoms with Gasteiger partial charge < -0.3 is 15.4 Å². The van der Waals surface area contributed by atoms with Crippen molar-refractivity contribution in [2.24, 2.45) is 5.92 Å². The molecule has 1 aromatic rings. The molecule has 0 aliphatic heterocycles. The maximum absolute atomic E-state index is 11.6. The van der Waals surface area contributed by atoms with Gasteiger partial charge in [-0.25, -0.2) is 0 Å². The first-order valence-corrected chi connectivity index (χ1v) is 5.65. The molecule has 5 nitrogen and oxygen atoms in total. The summed E-state index contributed by atoms with van der Waals surface area (Å²) in [4.78, 5) is 25.7. The van der Waals surface area contributed by atoms with Gasteiger partial charge in [0.1, 0.15) is 0 Å². The van der Waals surface area contributed by atoms with Gasteiger partial charge in [0.15, 0.2) is 0 Å². The van der Waals surface area contributed by atoms with Gasteiger partial charge in [-0.1, -0.05) is 13.8 Å². The number of rotatable bonds is 5. The maximum Gasteiger partial charge on any atom is 0.251 e. The number of carbonyl (C=O) groups is 1. The topological polar surface area (TPSA) is 82.2 Å². The number of H-pyrrole nitrogens is 1. The Balaban J connectivity index is 2.89. The zero-order valence-corrected chi connectivity index (χ0v) is 10.1. The number of pyridine rings is 1. The Kier molecular flexibility index (Phi) is 4.90. The van der Waals surface area contributed by atoms with E-state index in [9.17, 15) is 9.59 Å². The van der Waals surface area contributed by atoms with Crippen LogP contribution < -0.4 is 10.9 Å². The average molecular weight is 238 g/mol. The van der Waals surface area contributed by atoms with Crippen LogP contribution in [0.1, 0.15) is 29.9 Å². The largest absolute Gasteiger partial charge is 0.395 e. The van der Waals surface area contributed by atoms with Gasteiger partial charge in [0.25, 0.3) is 5.91 Å². The summed E-state index contributed by atoms with van der Waals surface area (Å²) in [5.74, 6) is 0.0663. The van der Waals surface area contributed by atoms with E-state index in [1.807, 2.05) is 13.8 Å². The average Bonchev–Trinajstić information content (AvgIpc) is 2.24. The van der Waals surface area contributed by atoms with Gasteiger partial charge in [0.05, 0.1) is 6.61 Å². The first-order valence-electron chi connectivity index (χ1n) is 5.65. The molecule has 1 amide bonds. The van der Waals surface area contributed by atoms with Crippen LogP contribution in [0.3, 0.4) is 0 Å². The smallest absolute Gasteiger partial charge is 0.251 e. The molecule has 0 bridgehead atoms. The number of aromatic nitrogens is 1. The van der Waals surface area contributed by atoms with Gasteiger partial charge in [-0.05, 0) is 18.4 Å². The summed E-state index contributed by atoms with van der Waals surface area (Å²) in [6, 6.07) is 2.94. The normalized spacial score (nSPS) is 10.6. The van der Waals surface area contributed by atoms with Crippen LogP contribution in [0.25, 0.3) is 0 Å². The van der Waals surface area contributed by atoms with E-state index >= 15 is 0 Å². The van der Waals surface area contributed by atoms with E-state index in [1.165, 1.54) is 6.07 Å². The third-order valence-electron chi connectivity index (χ3n) is 2.19. The molecule has 0 radical (unpaired) electrons. The van der Waals surface area contributed by atoms with Crippen LogP contribution in [0, 0.1) is 5.92 Å². The molecule has 0 spiro atoms. The van der Waals surface area contributed by atoms with Gasteiger partial charge >= 0.3 is 0 Å². The molecule has 17 heavy (non-hydrogen) atoms. The molecule has 5 heteroatoms. The minimum Gasteiger partial charge on any atom is -0.395 e. The van der Waals surface area contributed by atoms with Crippen LogP contribution in [0.15, 0.2) is 16.9 Å². The molecule has 0 fully saturated rings. The Morgan fingerprint density at radius 2 is 2.18 bits per heavy atom. The molecule has 0 atom stereocenters. The number of aliphatic hydroxyl groups excluding tert-OH is 1. The third-order valence-corrected chi connectivity index (χ3v) is 2.19. The van der Waals surface area contributed by atoms with Crippen molar-refractivity contribution in [3.63, 3.8) is 0 Å². The molecule has 0 saturated heterocycles. The second-order valence-corrected chi connectivity index (χ2v) is 4.34. The van der Waals surface area contributed by atoms with E-state index in [-0.39, 0.29) is 24.6 Å². The Bertz CT molecular complexity index is 438. The fourth-order valence-corrected chi connectivity index (χ4v) is 1.55. The second-order valence-electron chi connectivity index (χ2n) is 4.34. The monoisotopic (exact) mass is 238 g/mol. The summed E-state index contributed by atoms with van der Waals surface area (Å²) in [6.07, 6.45) is 0.719. The zero-order chi connectivity index (χ0) is 12.8. The molecular weight excluding hydrogens is 220 g/mol. The number of amides is 1. The highest BCUT2D eigenvalue weighted by Crippen LogP contribution is 2.05. The number of carbonyl (C=O) groups excluding carboxylic acids is 1. The minimum atomic E-state index is -0.338. The van der Waals surface area contributed by atoms with Crippen LogP contribution in [-0.4, -0.2) is 29.1 Å². The quantitative estimate of drug-likeness (QED) is 0.689. The van der Waals surface area contributed by atoms with Crippen molar-refractivity contribution < 1.29 is 9.90 Å². The summed E-state index contributed by atoms with van der Waals surface area (Å²) in [7, 11) is 0. The molecule has 3 N–H and O–H groups in total. The van der Waals surface area contributed by atoms with Crippen LogP contribution >= 0.6 is 0 Å². The SMILES string of the molecule is CC(C)Cc1cc(C(=O)NCCO)cc(=O)[nH]1. The first-order chi connectivity index (χ1) is 8.02. The molecule has 94 valence electrons. The standard InChI is InChI=1S/C12H18N2O3/c1-8(2)5-10-6-9(7-11(16)14-10)12(17)13-3-4-15/h6-8,15H,3-5H2,1-2H3,(H,13,17)(H,14,16). The van der Waals surface area contributed by atoms with Crippen LogP contribution in [-0.2, 0) is 6.42 Å². The lowest BCUT2D eigenvalue weighted by atomic mass is 10.1. The summed E-state index contributed by atoms with van der Waals surface area (Å²) in [6.45, 7) is 4.15. The molecule has 0 aliphatic rings. The molecular formula is C12H18N2O3. The Labute approximate surface area is 99.9 Å². The zero-order valence-electron chi connectivity index (χ0n) is 10.1. The van der Waals surface area contributed by atoms with E-state index < -0.39 is 0 Å². The lowest BCUT2D eigenvalue weighted by Gasteiger charge is -2.07. The van der Waals surface area contributed by atoms with Crippen LogP contribution in [0.5, 0.6) is 0 Å². The summed E-state index contributed by atoms with van der Waals surface area (Å²) >= 11 is 0. The molecule has 0 aromatic carbocycles. The minimum absolute atomic E-state index is 0.117. The summed E-state index contributed by atoms with van der Waals surface area (Å²) in [5.41, 5.74) is 0.803. The van der Waals surface area contributed by atoms with Crippen molar-refractivity contribution >= 4 is 5.91 Å². The van der Waals surface area contributed by atoms with Gasteiger partial charge in [0.2, 0.25) is 5.56 Å².